The minimum absolute atomic E-state index is 0.506. The molecule has 1 heterocycles. The van der Waals surface area contributed by atoms with E-state index in [9.17, 15) is 0 Å². The molecule has 1 aliphatic heterocycles. The first-order chi connectivity index (χ1) is 6.40. The SMILES string of the molecule is BrCC1CCC(C2CCCCC2)O1. The number of rotatable bonds is 2. The van der Waals surface area contributed by atoms with Crippen molar-refractivity contribution in [3.63, 3.8) is 0 Å². The molecule has 2 aliphatic rings. The molecule has 0 radical (unpaired) electrons. The van der Waals surface area contributed by atoms with Crippen molar-refractivity contribution in [2.75, 3.05) is 5.33 Å². The lowest BCUT2D eigenvalue weighted by Gasteiger charge is -2.27. The van der Waals surface area contributed by atoms with Crippen LogP contribution >= 0.6 is 15.9 Å². The van der Waals surface area contributed by atoms with Crippen LogP contribution in [0, 0.1) is 5.92 Å². The van der Waals surface area contributed by atoms with Gasteiger partial charge in [-0.15, -0.1) is 0 Å². The Morgan fingerprint density at radius 1 is 1.00 bits per heavy atom. The van der Waals surface area contributed by atoms with E-state index in [0.29, 0.717) is 12.2 Å². The summed E-state index contributed by atoms with van der Waals surface area (Å²) in [5.74, 6) is 0.887. The van der Waals surface area contributed by atoms with Gasteiger partial charge in [0, 0.05) is 5.33 Å². The van der Waals surface area contributed by atoms with Crippen LogP contribution in [-0.2, 0) is 4.74 Å². The highest BCUT2D eigenvalue weighted by atomic mass is 79.9. The van der Waals surface area contributed by atoms with Gasteiger partial charge in [0.2, 0.25) is 0 Å². The molecule has 0 bridgehead atoms. The second kappa shape index (κ2) is 4.79. The van der Waals surface area contributed by atoms with Crippen molar-refractivity contribution in [3.8, 4) is 0 Å². The summed E-state index contributed by atoms with van der Waals surface area (Å²) in [5.41, 5.74) is 0. The van der Waals surface area contributed by atoms with Gasteiger partial charge in [-0.3, -0.25) is 0 Å². The van der Waals surface area contributed by atoms with Gasteiger partial charge in [-0.2, -0.15) is 0 Å². The van der Waals surface area contributed by atoms with Crippen LogP contribution in [0.25, 0.3) is 0 Å². The second-order valence-corrected chi connectivity index (χ2v) is 5.07. The number of hydrogen-bond donors (Lipinski definition) is 0. The zero-order valence-electron chi connectivity index (χ0n) is 8.18. The summed E-state index contributed by atoms with van der Waals surface area (Å²) in [6.07, 6.45) is 10.8. The van der Waals surface area contributed by atoms with E-state index in [0.717, 1.165) is 11.2 Å². The Morgan fingerprint density at radius 2 is 1.77 bits per heavy atom. The molecule has 2 unspecified atom stereocenters. The molecule has 1 saturated carbocycles. The molecule has 0 N–H and O–H groups in total. The lowest BCUT2D eigenvalue weighted by atomic mass is 9.84. The quantitative estimate of drug-likeness (QED) is 0.678. The predicted octanol–water partition coefficient (Wildman–Crippen LogP) is 3.51. The molecule has 2 fully saturated rings. The van der Waals surface area contributed by atoms with Crippen molar-refractivity contribution >= 4 is 15.9 Å². The zero-order chi connectivity index (χ0) is 9.10. The highest BCUT2D eigenvalue weighted by molar-refractivity contribution is 9.09. The Bertz CT molecular complexity index is 154. The van der Waals surface area contributed by atoms with Crippen LogP contribution in [0.15, 0.2) is 0 Å². The molecular weight excluding hydrogens is 228 g/mol. The van der Waals surface area contributed by atoms with E-state index in [1.807, 2.05) is 0 Å². The summed E-state index contributed by atoms with van der Waals surface area (Å²) < 4.78 is 6.00. The fourth-order valence-electron chi connectivity index (χ4n) is 2.70. The Kier molecular flexibility index (Phi) is 3.67. The maximum atomic E-state index is 6.00. The second-order valence-electron chi connectivity index (χ2n) is 4.43. The number of halogens is 1. The highest BCUT2D eigenvalue weighted by Gasteiger charge is 2.31. The van der Waals surface area contributed by atoms with Gasteiger partial charge in [0.15, 0.2) is 0 Å². The molecule has 1 saturated heterocycles. The van der Waals surface area contributed by atoms with E-state index < -0.39 is 0 Å². The van der Waals surface area contributed by atoms with Crippen LogP contribution in [0.5, 0.6) is 0 Å². The molecule has 0 amide bonds. The number of alkyl halides is 1. The Labute approximate surface area is 89.4 Å². The molecule has 0 spiro atoms. The van der Waals surface area contributed by atoms with Gasteiger partial charge in [-0.05, 0) is 31.6 Å². The van der Waals surface area contributed by atoms with Crippen molar-refractivity contribution < 1.29 is 4.74 Å². The van der Waals surface area contributed by atoms with Crippen molar-refractivity contribution in [2.45, 2.75) is 57.2 Å². The van der Waals surface area contributed by atoms with Crippen LogP contribution in [0.2, 0.25) is 0 Å². The molecule has 1 aliphatic carbocycles. The third-order valence-electron chi connectivity index (χ3n) is 3.49. The topological polar surface area (TPSA) is 9.23 Å². The van der Waals surface area contributed by atoms with Gasteiger partial charge in [-0.25, -0.2) is 0 Å². The maximum absolute atomic E-state index is 6.00. The summed E-state index contributed by atoms with van der Waals surface area (Å²) >= 11 is 3.50. The van der Waals surface area contributed by atoms with Gasteiger partial charge in [0.1, 0.15) is 0 Å². The summed E-state index contributed by atoms with van der Waals surface area (Å²) in [6, 6.07) is 0. The Hall–Kier alpha value is 0.440. The fourth-order valence-corrected chi connectivity index (χ4v) is 3.18. The number of ether oxygens (including phenoxy) is 1. The van der Waals surface area contributed by atoms with Crippen LogP contribution in [0.1, 0.15) is 44.9 Å². The molecule has 1 nitrogen and oxygen atoms in total. The zero-order valence-corrected chi connectivity index (χ0v) is 9.76. The third-order valence-corrected chi connectivity index (χ3v) is 4.21. The van der Waals surface area contributed by atoms with E-state index in [-0.39, 0.29) is 0 Å². The van der Waals surface area contributed by atoms with Crippen LogP contribution in [0.3, 0.4) is 0 Å². The van der Waals surface area contributed by atoms with Gasteiger partial charge in [0.05, 0.1) is 12.2 Å². The Morgan fingerprint density at radius 3 is 2.38 bits per heavy atom. The van der Waals surface area contributed by atoms with Crippen LogP contribution in [-0.4, -0.2) is 17.5 Å². The molecule has 2 heteroatoms. The summed E-state index contributed by atoms with van der Waals surface area (Å²) in [7, 11) is 0. The molecule has 0 aromatic carbocycles. The normalized spacial score (nSPS) is 36.7. The summed E-state index contributed by atoms with van der Waals surface area (Å²) in [6.45, 7) is 0. The van der Waals surface area contributed by atoms with E-state index >= 15 is 0 Å². The average molecular weight is 247 g/mol. The molecule has 2 atom stereocenters. The number of hydrogen-bond acceptors (Lipinski definition) is 1. The summed E-state index contributed by atoms with van der Waals surface area (Å²) in [5, 5.41) is 1.02. The first kappa shape index (κ1) is 9.97. The molecular formula is C11H19BrO. The van der Waals surface area contributed by atoms with Crippen molar-refractivity contribution in [2.24, 2.45) is 5.92 Å². The lowest BCUT2D eigenvalue weighted by Crippen LogP contribution is -2.23. The predicted molar refractivity (Wildman–Crippen MR) is 58.3 cm³/mol. The van der Waals surface area contributed by atoms with E-state index in [1.54, 1.807) is 0 Å². The standard InChI is InChI=1S/C11H19BrO/c12-8-10-6-7-11(13-10)9-4-2-1-3-5-9/h9-11H,1-8H2. The first-order valence-electron chi connectivity index (χ1n) is 5.61. The van der Waals surface area contributed by atoms with Crippen molar-refractivity contribution in [1.82, 2.24) is 0 Å². The molecule has 0 aromatic rings. The largest absolute Gasteiger partial charge is 0.374 e. The molecule has 76 valence electrons. The lowest BCUT2D eigenvalue weighted by molar-refractivity contribution is 0.0108. The first-order valence-corrected chi connectivity index (χ1v) is 6.73. The minimum Gasteiger partial charge on any atom is -0.374 e. The highest BCUT2D eigenvalue weighted by Crippen LogP contribution is 2.34. The monoisotopic (exact) mass is 246 g/mol. The fraction of sp³-hybridized carbons (Fsp3) is 1.00. The van der Waals surface area contributed by atoms with Gasteiger partial charge >= 0.3 is 0 Å². The smallest absolute Gasteiger partial charge is 0.0676 e. The third kappa shape index (κ3) is 2.47. The van der Waals surface area contributed by atoms with E-state index in [1.165, 1.54) is 44.9 Å². The van der Waals surface area contributed by atoms with Gasteiger partial charge in [-0.1, -0.05) is 35.2 Å². The van der Waals surface area contributed by atoms with Crippen molar-refractivity contribution in [3.05, 3.63) is 0 Å². The van der Waals surface area contributed by atoms with Crippen LogP contribution in [0.4, 0.5) is 0 Å². The summed E-state index contributed by atoms with van der Waals surface area (Å²) in [4.78, 5) is 0. The molecule has 13 heavy (non-hydrogen) atoms. The molecule has 2 rings (SSSR count). The Balaban J connectivity index is 1.80. The van der Waals surface area contributed by atoms with E-state index in [4.69, 9.17) is 4.74 Å². The maximum Gasteiger partial charge on any atom is 0.0676 e. The van der Waals surface area contributed by atoms with Gasteiger partial charge < -0.3 is 4.74 Å². The van der Waals surface area contributed by atoms with Crippen molar-refractivity contribution in [1.29, 1.82) is 0 Å². The average Bonchev–Trinajstić information content (AvgIpc) is 2.67. The van der Waals surface area contributed by atoms with E-state index in [2.05, 4.69) is 15.9 Å². The van der Waals surface area contributed by atoms with Gasteiger partial charge in [0.25, 0.3) is 0 Å². The molecule has 0 aromatic heterocycles. The minimum atomic E-state index is 0.506. The van der Waals surface area contributed by atoms with Crippen LogP contribution < -0.4 is 0 Å².